The van der Waals surface area contributed by atoms with Crippen LogP contribution in [0.5, 0.6) is 0 Å². The van der Waals surface area contributed by atoms with Crippen LogP contribution in [0.1, 0.15) is 22.7 Å². The van der Waals surface area contributed by atoms with Crippen LogP contribution in [-0.2, 0) is 0 Å². The van der Waals surface area contributed by atoms with Crippen molar-refractivity contribution in [2.24, 2.45) is 0 Å². The van der Waals surface area contributed by atoms with Crippen molar-refractivity contribution < 1.29 is 8.78 Å². The molecule has 1 N–H and O–H groups in total. The summed E-state index contributed by atoms with van der Waals surface area (Å²) in [5, 5.41) is 10.4. The monoisotopic (exact) mass is 249 g/mol. The highest BCUT2D eigenvalue weighted by Gasteiger charge is 2.19. The van der Waals surface area contributed by atoms with Crippen LogP contribution >= 0.6 is 0 Å². The topological polar surface area (TPSA) is 37.8 Å². The number of aromatic nitrogens is 2. The third-order valence-electron chi connectivity index (χ3n) is 2.85. The maximum Gasteiger partial charge on any atom is 0.164 e. The van der Waals surface area contributed by atoms with E-state index in [4.69, 9.17) is 0 Å². The lowest BCUT2D eigenvalue weighted by Gasteiger charge is -2.18. The maximum atomic E-state index is 13.9. The Balaban J connectivity index is 2.50. The highest BCUT2D eigenvalue weighted by Crippen LogP contribution is 2.26. The molecule has 1 atom stereocenters. The Labute approximate surface area is 104 Å². The van der Waals surface area contributed by atoms with Crippen molar-refractivity contribution in [3.8, 4) is 0 Å². The minimum Gasteiger partial charge on any atom is -0.309 e. The van der Waals surface area contributed by atoms with E-state index in [-0.39, 0.29) is 5.56 Å². The summed E-state index contributed by atoms with van der Waals surface area (Å²) in [6.45, 7) is 1.53. The first-order valence-electron chi connectivity index (χ1n) is 5.53. The molecule has 1 aromatic carbocycles. The third-order valence-corrected chi connectivity index (χ3v) is 2.85. The van der Waals surface area contributed by atoms with Gasteiger partial charge in [-0.2, -0.15) is 10.2 Å². The minimum atomic E-state index is -0.828. The molecule has 2 rings (SSSR count). The molecule has 0 aliphatic rings. The van der Waals surface area contributed by atoms with Crippen LogP contribution < -0.4 is 5.32 Å². The lowest BCUT2D eigenvalue weighted by molar-refractivity contribution is 0.482. The fourth-order valence-electron chi connectivity index (χ4n) is 1.86. The molecule has 94 valence electrons. The molecule has 3 nitrogen and oxygen atoms in total. The van der Waals surface area contributed by atoms with Gasteiger partial charge in [0.2, 0.25) is 0 Å². The van der Waals surface area contributed by atoms with Gasteiger partial charge in [-0.25, -0.2) is 8.78 Å². The zero-order valence-electron chi connectivity index (χ0n) is 10.1. The van der Waals surface area contributed by atoms with Gasteiger partial charge in [0.15, 0.2) is 11.6 Å². The van der Waals surface area contributed by atoms with Crippen LogP contribution in [0.4, 0.5) is 8.78 Å². The van der Waals surface area contributed by atoms with Crippen molar-refractivity contribution in [1.82, 2.24) is 15.5 Å². The third kappa shape index (κ3) is 2.22. The van der Waals surface area contributed by atoms with E-state index < -0.39 is 17.7 Å². The second kappa shape index (κ2) is 5.18. The zero-order chi connectivity index (χ0) is 13.1. The number of rotatable bonds is 3. The van der Waals surface area contributed by atoms with E-state index in [0.717, 1.165) is 5.56 Å². The molecule has 18 heavy (non-hydrogen) atoms. The molecule has 0 aliphatic carbocycles. The van der Waals surface area contributed by atoms with Crippen molar-refractivity contribution in [3.05, 3.63) is 58.9 Å². The van der Waals surface area contributed by atoms with Gasteiger partial charge in [-0.3, -0.25) is 0 Å². The molecule has 1 aromatic heterocycles. The van der Waals surface area contributed by atoms with Gasteiger partial charge in [-0.15, -0.1) is 0 Å². The Morgan fingerprint density at radius 1 is 1.11 bits per heavy atom. The second-order valence-electron chi connectivity index (χ2n) is 4.00. The molecule has 5 heteroatoms. The van der Waals surface area contributed by atoms with Gasteiger partial charge in [0.05, 0.1) is 12.2 Å². The first-order chi connectivity index (χ1) is 8.65. The van der Waals surface area contributed by atoms with E-state index in [1.54, 1.807) is 25.2 Å². The molecule has 0 saturated heterocycles. The van der Waals surface area contributed by atoms with E-state index >= 15 is 0 Å². The molecule has 1 unspecified atom stereocenters. The van der Waals surface area contributed by atoms with E-state index in [0.29, 0.717) is 5.56 Å². The van der Waals surface area contributed by atoms with Gasteiger partial charge in [0.1, 0.15) is 0 Å². The van der Waals surface area contributed by atoms with Gasteiger partial charge in [-0.05, 0) is 31.2 Å². The molecular weight excluding hydrogens is 236 g/mol. The average Bonchev–Trinajstić information content (AvgIpc) is 2.41. The van der Waals surface area contributed by atoms with Crippen molar-refractivity contribution in [2.45, 2.75) is 13.0 Å². The number of hydrogen-bond donors (Lipinski definition) is 1. The standard InChI is InChI=1S/C13H13F2N3/c1-8-3-4-10(12(15)11(8)14)13(16-2)9-5-6-17-18-7-9/h3-7,13,16H,1-2H3. The summed E-state index contributed by atoms with van der Waals surface area (Å²) < 4.78 is 27.5. The van der Waals surface area contributed by atoms with Gasteiger partial charge in [-0.1, -0.05) is 12.1 Å². The van der Waals surface area contributed by atoms with E-state index in [9.17, 15) is 8.78 Å². The van der Waals surface area contributed by atoms with Crippen LogP contribution in [0.3, 0.4) is 0 Å². The number of benzene rings is 1. The van der Waals surface area contributed by atoms with E-state index in [2.05, 4.69) is 15.5 Å². The Morgan fingerprint density at radius 2 is 1.89 bits per heavy atom. The zero-order valence-corrected chi connectivity index (χ0v) is 10.1. The highest BCUT2D eigenvalue weighted by atomic mass is 19.2. The Bertz CT molecular complexity index is 543. The summed E-state index contributed by atoms with van der Waals surface area (Å²) in [4.78, 5) is 0. The lowest BCUT2D eigenvalue weighted by Crippen LogP contribution is -2.20. The normalized spacial score (nSPS) is 12.4. The molecule has 1 heterocycles. The first-order valence-corrected chi connectivity index (χ1v) is 5.53. The lowest BCUT2D eigenvalue weighted by atomic mass is 9.98. The second-order valence-corrected chi connectivity index (χ2v) is 4.00. The van der Waals surface area contributed by atoms with Crippen molar-refractivity contribution in [2.75, 3.05) is 7.05 Å². The molecule has 0 radical (unpaired) electrons. The number of aryl methyl sites for hydroxylation is 1. The van der Waals surface area contributed by atoms with Crippen LogP contribution in [0, 0.1) is 18.6 Å². The predicted molar refractivity (Wildman–Crippen MR) is 64.0 cm³/mol. The molecule has 2 aromatic rings. The van der Waals surface area contributed by atoms with Crippen molar-refractivity contribution >= 4 is 0 Å². The van der Waals surface area contributed by atoms with Crippen LogP contribution in [0.2, 0.25) is 0 Å². The minimum absolute atomic E-state index is 0.258. The largest absolute Gasteiger partial charge is 0.309 e. The average molecular weight is 249 g/mol. The first kappa shape index (κ1) is 12.6. The number of hydrogen-bond acceptors (Lipinski definition) is 3. The van der Waals surface area contributed by atoms with Crippen LogP contribution in [-0.4, -0.2) is 17.2 Å². The summed E-state index contributed by atoms with van der Waals surface area (Å²) in [7, 11) is 1.68. The number of nitrogens with one attached hydrogen (secondary N) is 1. The van der Waals surface area contributed by atoms with Crippen LogP contribution in [0.25, 0.3) is 0 Å². The van der Waals surface area contributed by atoms with Crippen LogP contribution in [0.15, 0.2) is 30.6 Å². The van der Waals surface area contributed by atoms with Gasteiger partial charge >= 0.3 is 0 Å². The number of nitrogens with zero attached hydrogens (tertiary/aromatic N) is 2. The molecule has 0 bridgehead atoms. The van der Waals surface area contributed by atoms with Gasteiger partial charge < -0.3 is 5.32 Å². The summed E-state index contributed by atoms with van der Waals surface area (Å²) in [5.74, 6) is -1.64. The molecule has 0 amide bonds. The molecule has 0 saturated carbocycles. The summed E-state index contributed by atoms with van der Waals surface area (Å²) in [6.07, 6.45) is 3.04. The fourth-order valence-corrected chi connectivity index (χ4v) is 1.86. The molecule has 0 fully saturated rings. The number of halogens is 2. The van der Waals surface area contributed by atoms with Crippen molar-refractivity contribution in [3.63, 3.8) is 0 Å². The Morgan fingerprint density at radius 3 is 2.50 bits per heavy atom. The smallest absolute Gasteiger partial charge is 0.164 e. The van der Waals surface area contributed by atoms with Crippen molar-refractivity contribution in [1.29, 1.82) is 0 Å². The van der Waals surface area contributed by atoms with E-state index in [1.165, 1.54) is 19.3 Å². The predicted octanol–water partition coefficient (Wildman–Crippen LogP) is 2.37. The van der Waals surface area contributed by atoms with Gasteiger partial charge in [0, 0.05) is 11.8 Å². The fraction of sp³-hybridized carbons (Fsp3) is 0.231. The Kier molecular flexibility index (Phi) is 3.62. The summed E-state index contributed by atoms with van der Waals surface area (Å²) in [5.41, 5.74) is 1.28. The highest BCUT2D eigenvalue weighted by molar-refractivity contribution is 5.33. The molecule has 0 aliphatic heterocycles. The van der Waals surface area contributed by atoms with E-state index in [1.807, 2.05) is 0 Å². The quantitative estimate of drug-likeness (QED) is 0.907. The SMILES string of the molecule is CNC(c1ccnnc1)c1ccc(C)c(F)c1F. The van der Waals surface area contributed by atoms with Gasteiger partial charge in [0.25, 0.3) is 0 Å². The summed E-state index contributed by atoms with van der Waals surface area (Å²) >= 11 is 0. The maximum absolute atomic E-state index is 13.9. The summed E-state index contributed by atoms with van der Waals surface area (Å²) in [6, 6.07) is 4.41. The molecule has 0 spiro atoms. The molecular formula is C13H13F2N3. The Hall–Kier alpha value is -1.88.